The van der Waals surface area contributed by atoms with Gasteiger partial charge in [-0.05, 0) is 25.7 Å². The van der Waals surface area contributed by atoms with Crippen LogP contribution in [0, 0.1) is 0 Å². The minimum Gasteiger partial charge on any atom is -0.481 e. The van der Waals surface area contributed by atoms with Crippen LogP contribution < -0.4 is 10.6 Å². The van der Waals surface area contributed by atoms with Gasteiger partial charge >= 0.3 is 5.97 Å². The van der Waals surface area contributed by atoms with Crippen molar-refractivity contribution in [3.8, 4) is 0 Å². The maximum absolute atomic E-state index is 11.6. The van der Waals surface area contributed by atoms with E-state index in [9.17, 15) is 14.4 Å². The van der Waals surface area contributed by atoms with E-state index >= 15 is 0 Å². The quantitative estimate of drug-likeness (QED) is 0.583. The first-order valence-corrected chi connectivity index (χ1v) is 7.36. The summed E-state index contributed by atoms with van der Waals surface area (Å²) >= 11 is 0. The number of nitrogens with one attached hydrogen (secondary N) is 2. The molecule has 0 aromatic carbocycles. The lowest BCUT2D eigenvalue weighted by Gasteiger charge is -2.22. The number of aliphatic carboxylic acids is 1. The maximum atomic E-state index is 11.6. The number of hydrogen-bond acceptors (Lipinski definition) is 3. The Kier molecular flexibility index (Phi) is 7.69. The third kappa shape index (κ3) is 7.76. The summed E-state index contributed by atoms with van der Waals surface area (Å²) in [5.74, 6) is -1.19. The Morgan fingerprint density at radius 3 is 2.25 bits per heavy atom. The number of carbonyl (C=O) groups is 3. The number of carboxylic acids is 1. The highest BCUT2D eigenvalue weighted by Crippen LogP contribution is 2.17. The highest BCUT2D eigenvalue weighted by molar-refractivity contribution is 5.84. The van der Waals surface area contributed by atoms with Crippen molar-refractivity contribution in [2.24, 2.45) is 0 Å². The Morgan fingerprint density at radius 2 is 1.60 bits per heavy atom. The Hall–Kier alpha value is -1.59. The highest BCUT2D eigenvalue weighted by atomic mass is 16.4. The number of carboxylic acid groups (broad SMARTS) is 1. The van der Waals surface area contributed by atoms with Gasteiger partial charge in [0, 0.05) is 18.9 Å². The number of hydrogen-bond donors (Lipinski definition) is 3. The van der Waals surface area contributed by atoms with Crippen LogP contribution in [0.4, 0.5) is 0 Å². The molecule has 0 bridgehead atoms. The average molecular weight is 284 g/mol. The molecule has 1 rings (SSSR count). The molecule has 1 aliphatic carbocycles. The Labute approximate surface area is 119 Å². The van der Waals surface area contributed by atoms with E-state index < -0.39 is 5.97 Å². The normalized spacial score (nSPS) is 15.6. The number of rotatable bonds is 8. The molecule has 1 saturated carbocycles. The van der Waals surface area contributed by atoms with Gasteiger partial charge < -0.3 is 15.7 Å². The summed E-state index contributed by atoms with van der Waals surface area (Å²) in [4.78, 5) is 33.4. The van der Waals surface area contributed by atoms with E-state index in [4.69, 9.17) is 5.11 Å². The van der Waals surface area contributed by atoms with E-state index in [1.54, 1.807) is 0 Å². The summed E-state index contributed by atoms with van der Waals surface area (Å²) in [6.07, 6.45) is 6.95. The zero-order chi connectivity index (χ0) is 14.8. The Morgan fingerprint density at radius 1 is 0.950 bits per heavy atom. The molecular weight excluding hydrogens is 260 g/mol. The van der Waals surface area contributed by atoms with Gasteiger partial charge in [-0.3, -0.25) is 14.4 Å². The van der Waals surface area contributed by atoms with E-state index in [-0.39, 0.29) is 37.2 Å². The van der Waals surface area contributed by atoms with Gasteiger partial charge in [0.15, 0.2) is 0 Å². The van der Waals surface area contributed by atoms with Gasteiger partial charge in [0.2, 0.25) is 11.8 Å². The van der Waals surface area contributed by atoms with Gasteiger partial charge in [-0.15, -0.1) is 0 Å². The van der Waals surface area contributed by atoms with E-state index in [1.807, 2.05) is 0 Å². The lowest BCUT2D eigenvalue weighted by molar-refractivity contribution is -0.137. The van der Waals surface area contributed by atoms with E-state index in [0.717, 1.165) is 25.7 Å². The lowest BCUT2D eigenvalue weighted by atomic mass is 9.95. The highest BCUT2D eigenvalue weighted by Gasteiger charge is 2.15. The Bertz CT molecular complexity index is 338. The SMILES string of the molecule is O=C(O)CCCCC(=O)NCC(=O)NC1CCCCC1. The van der Waals surface area contributed by atoms with Gasteiger partial charge in [0.25, 0.3) is 0 Å². The minimum atomic E-state index is -0.850. The second kappa shape index (κ2) is 9.34. The number of amides is 2. The van der Waals surface area contributed by atoms with Crippen molar-refractivity contribution < 1.29 is 19.5 Å². The fourth-order valence-electron chi connectivity index (χ4n) is 2.35. The smallest absolute Gasteiger partial charge is 0.303 e. The third-order valence-electron chi connectivity index (χ3n) is 3.46. The van der Waals surface area contributed by atoms with Gasteiger partial charge in [-0.1, -0.05) is 19.3 Å². The monoisotopic (exact) mass is 284 g/mol. The van der Waals surface area contributed by atoms with Crippen molar-refractivity contribution in [1.82, 2.24) is 10.6 Å². The minimum absolute atomic E-state index is 0.00820. The van der Waals surface area contributed by atoms with Crippen LogP contribution in [0.1, 0.15) is 57.8 Å². The predicted octanol–water partition coefficient (Wildman–Crippen LogP) is 1.20. The first-order chi connectivity index (χ1) is 9.58. The molecule has 3 N–H and O–H groups in total. The molecule has 0 heterocycles. The molecule has 1 aliphatic rings. The molecule has 114 valence electrons. The van der Waals surface area contributed by atoms with Crippen LogP contribution in [0.2, 0.25) is 0 Å². The van der Waals surface area contributed by atoms with Gasteiger partial charge in [-0.25, -0.2) is 0 Å². The van der Waals surface area contributed by atoms with Crippen molar-refractivity contribution in [3.05, 3.63) is 0 Å². The molecular formula is C14H24N2O4. The average Bonchev–Trinajstić information content (AvgIpc) is 2.42. The first-order valence-electron chi connectivity index (χ1n) is 7.36. The summed E-state index contributed by atoms with van der Waals surface area (Å²) in [5, 5.41) is 13.9. The van der Waals surface area contributed by atoms with Crippen LogP contribution >= 0.6 is 0 Å². The van der Waals surface area contributed by atoms with Gasteiger partial charge in [0.1, 0.15) is 0 Å². The molecule has 0 aromatic heterocycles. The van der Waals surface area contributed by atoms with Crippen molar-refractivity contribution in [2.45, 2.75) is 63.8 Å². The van der Waals surface area contributed by atoms with E-state index in [2.05, 4.69) is 10.6 Å². The molecule has 0 radical (unpaired) electrons. The largest absolute Gasteiger partial charge is 0.481 e. The van der Waals surface area contributed by atoms with E-state index in [1.165, 1.54) is 6.42 Å². The summed E-state index contributed by atoms with van der Waals surface area (Å²) in [6.45, 7) is 0.00820. The fourth-order valence-corrected chi connectivity index (χ4v) is 2.35. The van der Waals surface area contributed by atoms with Gasteiger partial charge in [-0.2, -0.15) is 0 Å². The summed E-state index contributed by atoms with van der Waals surface area (Å²) in [6, 6.07) is 0.253. The van der Waals surface area contributed by atoms with Gasteiger partial charge in [0.05, 0.1) is 6.54 Å². The molecule has 0 spiro atoms. The fraction of sp³-hybridized carbons (Fsp3) is 0.786. The van der Waals surface area contributed by atoms with Crippen LogP contribution in [-0.4, -0.2) is 35.5 Å². The first kappa shape index (κ1) is 16.5. The molecule has 0 saturated heterocycles. The molecule has 2 amide bonds. The van der Waals surface area contributed by atoms with Crippen molar-refractivity contribution >= 4 is 17.8 Å². The van der Waals surface area contributed by atoms with Crippen molar-refractivity contribution in [3.63, 3.8) is 0 Å². The van der Waals surface area contributed by atoms with Crippen LogP contribution in [0.3, 0.4) is 0 Å². The predicted molar refractivity (Wildman–Crippen MR) is 74.1 cm³/mol. The number of carbonyl (C=O) groups excluding carboxylic acids is 2. The second-order valence-corrected chi connectivity index (χ2v) is 5.28. The van der Waals surface area contributed by atoms with Crippen LogP contribution in [-0.2, 0) is 14.4 Å². The molecule has 0 aliphatic heterocycles. The molecule has 0 unspecified atom stereocenters. The molecule has 0 atom stereocenters. The zero-order valence-corrected chi connectivity index (χ0v) is 11.8. The van der Waals surface area contributed by atoms with Crippen molar-refractivity contribution in [2.75, 3.05) is 6.54 Å². The summed E-state index contributed by atoms with van der Waals surface area (Å²) in [7, 11) is 0. The molecule has 6 nitrogen and oxygen atoms in total. The topological polar surface area (TPSA) is 95.5 Å². The van der Waals surface area contributed by atoms with Crippen LogP contribution in [0.25, 0.3) is 0 Å². The second-order valence-electron chi connectivity index (χ2n) is 5.28. The molecule has 6 heteroatoms. The zero-order valence-electron chi connectivity index (χ0n) is 11.8. The van der Waals surface area contributed by atoms with E-state index in [0.29, 0.717) is 12.8 Å². The van der Waals surface area contributed by atoms with Crippen molar-refractivity contribution in [1.29, 1.82) is 0 Å². The standard InChI is InChI=1S/C14H24N2O4/c17-12(8-4-5-9-14(19)20)15-10-13(18)16-11-6-2-1-3-7-11/h11H,1-10H2,(H,15,17)(H,16,18)(H,19,20). The maximum Gasteiger partial charge on any atom is 0.303 e. The Balaban J connectivity index is 2.04. The summed E-state index contributed by atoms with van der Waals surface area (Å²) in [5.41, 5.74) is 0. The lowest BCUT2D eigenvalue weighted by Crippen LogP contribution is -2.42. The summed E-state index contributed by atoms with van der Waals surface area (Å²) < 4.78 is 0. The third-order valence-corrected chi connectivity index (χ3v) is 3.46. The van der Waals surface area contributed by atoms with Crippen LogP contribution in [0.15, 0.2) is 0 Å². The number of unbranched alkanes of at least 4 members (excludes halogenated alkanes) is 1. The molecule has 20 heavy (non-hydrogen) atoms. The molecule has 0 aromatic rings. The molecule has 1 fully saturated rings. The van der Waals surface area contributed by atoms with Crippen LogP contribution in [0.5, 0.6) is 0 Å².